The van der Waals surface area contributed by atoms with E-state index in [0.29, 0.717) is 10.8 Å². The minimum absolute atomic E-state index is 0.194. The van der Waals surface area contributed by atoms with E-state index in [4.69, 9.17) is 16.3 Å². The molecule has 0 aliphatic rings. The molecular formula is C15H16ClNO3S. The number of sulfonamides is 1. The van der Waals surface area contributed by atoms with Gasteiger partial charge in [-0.1, -0.05) is 29.8 Å². The molecule has 0 atom stereocenters. The molecule has 6 heteroatoms. The van der Waals surface area contributed by atoms with Gasteiger partial charge in [0, 0.05) is 11.6 Å². The van der Waals surface area contributed by atoms with Crippen LogP contribution in [0.15, 0.2) is 53.4 Å². The highest BCUT2D eigenvalue weighted by Crippen LogP contribution is 2.21. The van der Waals surface area contributed by atoms with Gasteiger partial charge in [0.05, 0.1) is 4.90 Å². The van der Waals surface area contributed by atoms with Crippen LogP contribution in [0.5, 0.6) is 5.75 Å². The number of ether oxygens (including phenoxy) is 1. The lowest BCUT2D eigenvalue weighted by Gasteiger charge is -2.10. The Hall–Kier alpha value is -1.56. The molecule has 0 unspecified atom stereocenters. The Bertz CT molecular complexity index is 702. The molecule has 2 rings (SSSR count). The SMILES string of the molecule is Cc1cc(Cl)ccc1OCCNS(=O)(=O)c1ccccc1. The first-order chi connectivity index (χ1) is 9.99. The van der Waals surface area contributed by atoms with Crippen molar-refractivity contribution in [2.24, 2.45) is 0 Å². The zero-order valence-corrected chi connectivity index (χ0v) is 13.1. The van der Waals surface area contributed by atoms with Crippen molar-refractivity contribution < 1.29 is 13.2 Å². The van der Waals surface area contributed by atoms with Crippen molar-refractivity contribution in [1.29, 1.82) is 0 Å². The second-order valence-electron chi connectivity index (χ2n) is 4.47. The molecule has 0 aliphatic carbocycles. The normalized spacial score (nSPS) is 11.3. The van der Waals surface area contributed by atoms with Gasteiger partial charge in [0.25, 0.3) is 0 Å². The standard InChI is InChI=1S/C15H16ClNO3S/c1-12-11-13(16)7-8-15(12)20-10-9-17-21(18,19)14-5-3-2-4-6-14/h2-8,11,17H,9-10H2,1H3. The molecule has 2 aromatic rings. The van der Waals surface area contributed by atoms with Crippen LogP contribution in [0, 0.1) is 6.92 Å². The van der Waals surface area contributed by atoms with Crippen LogP contribution < -0.4 is 9.46 Å². The Morgan fingerprint density at radius 3 is 2.52 bits per heavy atom. The van der Waals surface area contributed by atoms with E-state index in [2.05, 4.69) is 4.72 Å². The lowest BCUT2D eigenvalue weighted by Crippen LogP contribution is -2.28. The first-order valence-corrected chi connectivity index (χ1v) is 8.29. The van der Waals surface area contributed by atoms with Crippen LogP contribution in [0.2, 0.25) is 5.02 Å². The number of rotatable bonds is 6. The van der Waals surface area contributed by atoms with Gasteiger partial charge in [0.15, 0.2) is 0 Å². The first-order valence-electron chi connectivity index (χ1n) is 6.43. The van der Waals surface area contributed by atoms with Gasteiger partial charge < -0.3 is 4.74 Å². The Kier molecular flexibility index (Phi) is 5.22. The molecule has 0 heterocycles. The minimum Gasteiger partial charge on any atom is -0.492 e. The largest absolute Gasteiger partial charge is 0.492 e. The summed E-state index contributed by atoms with van der Waals surface area (Å²) in [5.41, 5.74) is 0.911. The van der Waals surface area contributed by atoms with Gasteiger partial charge in [-0.25, -0.2) is 13.1 Å². The van der Waals surface area contributed by atoms with E-state index in [1.165, 1.54) is 0 Å². The highest BCUT2D eigenvalue weighted by atomic mass is 35.5. The average Bonchev–Trinajstić information content (AvgIpc) is 2.46. The molecule has 0 amide bonds. The summed E-state index contributed by atoms with van der Waals surface area (Å²) in [5.74, 6) is 0.693. The van der Waals surface area contributed by atoms with Crippen molar-refractivity contribution in [3.8, 4) is 5.75 Å². The molecule has 112 valence electrons. The Morgan fingerprint density at radius 1 is 1.14 bits per heavy atom. The number of aryl methyl sites for hydroxylation is 1. The molecule has 0 saturated heterocycles. The van der Waals surface area contributed by atoms with Gasteiger partial charge in [-0.15, -0.1) is 0 Å². The zero-order chi connectivity index (χ0) is 15.3. The zero-order valence-electron chi connectivity index (χ0n) is 11.5. The molecule has 1 N–H and O–H groups in total. The van der Waals surface area contributed by atoms with Gasteiger partial charge in [-0.3, -0.25) is 0 Å². The second-order valence-corrected chi connectivity index (χ2v) is 6.67. The second kappa shape index (κ2) is 6.93. The smallest absolute Gasteiger partial charge is 0.240 e. The third kappa shape index (κ3) is 4.46. The molecule has 2 aromatic carbocycles. The van der Waals surface area contributed by atoms with Gasteiger partial charge in [0.2, 0.25) is 10.0 Å². The average molecular weight is 326 g/mol. The van der Waals surface area contributed by atoms with E-state index in [1.807, 2.05) is 6.92 Å². The molecule has 0 aromatic heterocycles. The molecule has 0 bridgehead atoms. The fourth-order valence-corrected chi connectivity index (χ4v) is 3.06. The quantitative estimate of drug-likeness (QED) is 0.831. The Balaban J connectivity index is 1.87. The van der Waals surface area contributed by atoms with Gasteiger partial charge in [0.1, 0.15) is 12.4 Å². The summed E-state index contributed by atoms with van der Waals surface area (Å²) >= 11 is 5.86. The summed E-state index contributed by atoms with van der Waals surface area (Å²) in [6.07, 6.45) is 0. The number of halogens is 1. The van der Waals surface area contributed by atoms with Gasteiger partial charge in [-0.05, 0) is 42.8 Å². The van der Waals surface area contributed by atoms with Crippen LogP contribution in [0.4, 0.5) is 0 Å². The third-order valence-electron chi connectivity index (χ3n) is 2.84. The summed E-state index contributed by atoms with van der Waals surface area (Å²) in [7, 11) is -3.48. The number of benzene rings is 2. The third-order valence-corrected chi connectivity index (χ3v) is 4.55. The van der Waals surface area contributed by atoms with E-state index in [0.717, 1.165) is 5.56 Å². The predicted octanol–water partition coefficient (Wildman–Crippen LogP) is 3.01. The van der Waals surface area contributed by atoms with Crippen LogP contribution >= 0.6 is 11.6 Å². The number of hydrogen-bond acceptors (Lipinski definition) is 3. The van der Waals surface area contributed by atoms with Crippen molar-refractivity contribution in [2.45, 2.75) is 11.8 Å². The lowest BCUT2D eigenvalue weighted by atomic mass is 10.2. The topological polar surface area (TPSA) is 55.4 Å². The van der Waals surface area contributed by atoms with Crippen LogP contribution in [0.1, 0.15) is 5.56 Å². The molecule has 21 heavy (non-hydrogen) atoms. The molecule has 0 radical (unpaired) electrons. The molecule has 0 saturated carbocycles. The highest BCUT2D eigenvalue weighted by Gasteiger charge is 2.12. The van der Waals surface area contributed by atoms with Gasteiger partial charge >= 0.3 is 0 Å². The van der Waals surface area contributed by atoms with Crippen molar-refractivity contribution in [1.82, 2.24) is 4.72 Å². The van der Waals surface area contributed by atoms with Crippen LogP contribution in [-0.4, -0.2) is 21.6 Å². The fourth-order valence-electron chi connectivity index (χ4n) is 1.79. The van der Waals surface area contributed by atoms with E-state index in [-0.39, 0.29) is 18.0 Å². The van der Waals surface area contributed by atoms with Crippen LogP contribution in [0.25, 0.3) is 0 Å². The predicted molar refractivity (Wildman–Crippen MR) is 83.3 cm³/mol. The molecule has 0 spiro atoms. The van der Waals surface area contributed by atoms with Gasteiger partial charge in [-0.2, -0.15) is 0 Å². The maximum atomic E-state index is 12.0. The summed E-state index contributed by atoms with van der Waals surface area (Å²) in [6.45, 7) is 2.32. The van der Waals surface area contributed by atoms with E-state index in [9.17, 15) is 8.42 Å². The summed E-state index contributed by atoms with van der Waals surface area (Å²) in [5, 5.41) is 0.643. The number of hydrogen-bond donors (Lipinski definition) is 1. The Morgan fingerprint density at radius 2 is 1.86 bits per heavy atom. The lowest BCUT2D eigenvalue weighted by molar-refractivity contribution is 0.320. The number of nitrogens with one attached hydrogen (secondary N) is 1. The fraction of sp³-hybridized carbons (Fsp3) is 0.200. The van der Waals surface area contributed by atoms with Crippen molar-refractivity contribution in [2.75, 3.05) is 13.2 Å². The van der Waals surface area contributed by atoms with Crippen molar-refractivity contribution in [3.63, 3.8) is 0 Å². The molecule has 4 nitrogen and oxygen atoms in total. The first kappa shape index (κ1) is 15.8. The van der Waals surface area contributed by atoms with Crippen LogP contribution in [-0.2, 0) is 10.0 Å². The molecule has 0 fully saturated rings. The maximum absolute atomic E-state index is 12.0. The van der Waals surface area contributed by atoms with E-state index >= 15 is 0 Å². The van der Waals surface area contributed by atoms with Crippen molar-refractivity contribution >= 4 is 21.6 Å². The summed E-state index contributed by atoms with van der Waals surface area (Å²) in [6, 6.07) is 13.5. The minimum atomic E-state index is -3.48. The van der Waals surface area contributed by atoms with E-state index in [1.54, 1.807) is 48.5 Å². The Labute approximate surface area is 129 Å². The molecular weight excluding hydrogens is 310 g/mol. The molecule has 0 aliphatic heterocycles. The summed E-state index contributed by atoms with van der Waals surface area (Å²) in [4.78, 5) is 0.243. The monoisotopic (exact) mass is 325 g/mol. The highest BCUT2D eigenvalue weighted by molar-refractivity contribution is 7.89. The van der Waals surface area contributed by atoms with Crippen LogP contribution in [0.3, 0.4) is 0 Å². The maximum Gasteiger partial charge on any atom is 0.240 e. The summed E-state index contributed by atoms with van der Waals surface area (Å²) < 4.78 is 32.0. The van der Waals surface area contributed by atoms with Crippen molar-refractivity contribution in [3.05, 3.63) is 59.1 Å². The van der Waals surface area contributed by atoms with E-state index < -0.39 is 10.0 Å².